The number of carboxylic acids is 1. The largest absolute Gasteiger partial charge is 0.478 e. The van der Waals surface area contributed by atoms with Crippen molar-refractivity contribution in [2.45, 2.75) is 13.0 Å². The molecule has 0 spiro atoms. The molecule has 19 heavy (non-hydrogen) atoms. The molecule has 0 radical (unpaired) electrons. The Morgan fingerprint density at radius 1 is 1.37 bits per heavy atom. The minimum atomic E-state index is -1.07. The monoisotopic (exact) mass is 329 g/mol. The van der Waals surface area contributed by atoms with E-state index in [1.54, 1.807) is 0 Å². The van der Waals surface area contributed by atoms with Crippen molar-refractivity contribution in [3.63, 3.8) is 0 Å². The van der Waals surface area contributed by atoms with Crippen molar-refractivity contribution in [1.82, 2.24) is 5.32 Å². The molecular formula is C11H12BrN3O4. The number of anilines is 1. The van der Waals surface area contributed by atoms with Crippen LogP contribution in [0, 0.1) is 0 Å². The third-order valence-corrected chi connectivity index (χ3v) is 2.88. The van der Waals surface area contributed by atoms with E-state index in [0.29, 0.717) is 10.2 Å². The molecule has 1 rings (SSSR count). The van der Waals surface area contributed by atoms with E-state index >= 15 is 0 Å². The highest BCUT2D eigenvalue weighted by atomic mass is 79.9. The zero-order chi connectivity index (χ0) is 14.6. The molecule has 8 heteroatoms. The molecule has 0 aromatic heterocycles. The summed E-state index contributed by atoms with van der Waals surface area (Å²) < 4.78 is 0.423. The van der Waals surface area contributed by atoms with Crippen LogP contribution in [0.25, 0.3) is 0 Å². The molecule has 3 amide bonds. The maximum Gasteiger partial charge on any atom is 0.335 e. The lowest BCUT2D eigenvalue weighted by Crippen LogP contribution is -2.44. The lowest BCUT2D eigenvalue weighted by Gasteiger charge is -2.13. The van der Waals surface area contributed by atoms with Gasteiger partial charge in [-0.1, -0.05) is 0 Å². The highest BCUT2D eigenvalue weighted by Gasteiger charge is 2.15. The minimum Gasteiger partial charge on any atom is -0.478 e. The number of primary amides is 1. The van der Waals surface area contributed by atoms with E-state index in [1.165, 1.54) is 25.1 Å². The Morgan fingerprint density at radius 2 is 2.00 bits per heavy atom. The van der Waals surface area contributed by atoms with Crippen molar-refractivity contribution in [3.8, 4) is 0 Å². The van der Waals surface area contributed by atoms with Crippen LogP contribution in [0.4, 0.5) is 10.5 Å². The molecule has 0 aliphatic carbocycles. The van der Waals surface area contributed by atoms with E-state index in [2.05, 4.69) is 26.6 Å². The van der Waals surface area contributed by atoms with Crippen molar-refractivity contribution >= 4 is 39.5 Å². The maximum atomic E-state index is 11.7. The van der Waals surface area contributed by atoms with Gasteiger partial charge in [0, 0.05) is 4.47 Å². The van der Waals surface area contributed by atoms with Crippen LogP contribution in [0.1, 0.15) is 17.3 Å². The van der Waals surface area contributed by atoms with Crippen LogP contribution >= 0.6 is 15.9 Å². The smallest absolute Gasteiger partial charge is 0.335 e. The highest BCUT2D eigenvalue weighted by Crippen LogP contribution is 2.23. The summed E-state index contributed by atoms with van der Waals surface area (Å²) in [5.41, 5.74) is 5.39. The topological polar surface area (TPSA) is 122 Å². The van der Waals surface area contributed by atoms with Gasteiger partial charge < -0.3 is 21.5 Å². The zero-order valence-electron chi connectivity index (χ0n) is 9.94. The van der Waals surface area contributed by atoms with Gasteiger partial charge in [0.25, 0.3) is 0 Å². The van der Waals surface area contributed by atoms with E-state index in [4.69, 9.17) is 10.8 Å². The Kier molecular flexibility index (Phi) is 4.87. The number of nitrogens with one attached hydrogen (secondary N) is 2. The molecule has 0 aliphatic heterocycles. The zero-order valence-corrected chi connectivity index (χ0v) is 11.5. The lowest BCUT2D eigenvalue weighted by atomic mass is 10.2. The van der Waals surface area contributed by atoms with Crippen LogP contribution in [0.3, 0.4) is 0 Å². The number of carboxylic acid groups (broad SMARTS) is 1. The summed E-state index contributed by atoms with van der Waals surface area (Å²) in [4.78, 5) is 33.1. The average Bonchev–Trinajstić information content (AvgIpc) is 2.30. The molecule has 102 valence electrons. The average molecular weight is 330 g/mol. The molecular weight excluding hydrogens is 318 g/mol. The third kappa shape index (κ3) is 4.25. The third-order valence-electron chi connectivity index (χ3n) is 2.23. The fourth-order valence-corrected chi connectivity index (χ4v) is 1.75. The fraction of sp³-hybridized carbons (Fsp3) is 0.182. The van der Waals surface area contributed by atoms with Gasteiger partial charge in [-0.2, -0.15) is 0 Å². The minimum absolute atomic E-state index is 0.0909. The molecule has 1 atom stereocenters. The van der Waals surface area contributed by atoms with E-state index in [-0.39, 0.29) is 5.56 Å². The predicted octanol–water partition coefficient (Wildman–Crippen LogP) is 1.14. The van der Waals surface area contributed by atoms with Crippen LogP contribution in [-0.2, 0) is 4.79 Å². The van der Waals surface area contributed by atoms with Crippen molar-refractivity contribution in [3.05, 3.63) is 28.2 Å². The van der Waals surface area contributed by atoms with E-state index < -0.39 is 23.9 Å². The van der Waals surface area contributed by atoms with Gasteiger partial charge in [-0.25, -0.2) is 9.59 Å². The van der Waals surface area contributed by atoms with E-state index in [1.807, 2.05) is 0 Å². The molecule has 0 saturated heterocycles. The van der Waals surface area contributed by atoms with Gasteiger partial charge in [0.05, 0.1) is 11.3 Å². The SMILES string of the molecule is CC(NC(N)=O)C(=O)Nc1ccc(C(=O)O)cc1Br. The molecule has 1 aromatic carbocycles. The molecule has 1 unspecified atom stereocenters. The summed E-state index contributed by atoms with van der Waals surface area (Å²) in [7, 11) is 0. The number of hydrogen-bond acceptors (Lipinski definition) is 3. The lowest BCUT2D eigenvalue weighted by molar-refractivity contribution is -0.117. The number of halogens is 1. The van der Waals surface area contributed by atoms with Crippen LogP contribution in [-0.4, -0.2) is 29.1 Å². The summed E-state index contributed by atoms with van der Waals surface area (Å²) in [6.45, 7) is 1.47. The summed E-state index contributed by atoms with van der Waals surface area (Å²) in [5, 5.41) is 13.6. The quantitative estimate of drug-likeness (QED) is 0.661. The second-order valence-corrected chi connectivity index (χ2v) is 4.57. The molecule has 0 fully saturated rings. The van der Waals surface area contributed by atoms with Crippen molar-refractivity contribution in [1.29, 1.82) is 0 Å². The van der Waals surface area contributed by atoms with E-state index in [9.17, 15) is 14.4 Å². The van der Waals surface area contributed by atoms with Crippen molar-refractivity contribution < 1.29 is 19.5 Å². The van der Waals surface area contributed by atoms with Crippen LogP contribution in [0.15, 0.2) is 22.7 Å². The number of amides is 3. The molecule has 0 heterocycles. The summed E-state index contributed by atoms with van der Waals surface area (Å²) in [6, 6.07) is 2.56. The fourth-order valence-electron chi connectivity index (χ4n) is 1.27. The van der Waals surface area contributed by atoms with Gasteiger partial charge in [-0.05, 0) is 41.1 Å². The Hall–Kier alpha value is -2.09. The highest BCUT2D eigenvalue weighted by molar-refractivity contribution is 9.10. The Balaban J connectivity index is 2.80. The number of carbonyl (C=O) groups is 3. The first-order valence-corrected chi connectivity index (χ1v) is 6.00. The number of benzene rings is 1. The van der Waals surface area contributed by atoms with Gasteiger partial charge in [0.1, 0.15) is 6.04 Å². The second-order valence-electron chi connectivity index (χ2n) is 3.72. The van der Waals surface area contributed by atoms with Gasteiger partial charge in [0.2, 0.25) is 5.91 Å². The van der Waals surface area contributed by atoms with Gasteiger partial charge in [0.15, 0.2) is 0 Å². The van der Waals surface area contributed by atoms with Crippen molar-refractivity contribution in [2.24, 2.45) is 5.73 Å². The summed E-state index contributed by atoms with van der Waals surface area (Å²) >= 11 is 3.15. The number of carbonyl (C=O) groups excluding carboxylic acids is 2. The first kappa shape index (κ1) is 15.0. The molecule has 1 aromatic rings. The Labute approximate surface area is 117 Å². The standard InChI is InChI=1S/C11H12BrN3O4/c1-5(14-11(13)19)9(16)15-8-3-2-6(10(17)18)4-7(8)12/h2-5H,1H3,(H,15,16)(H,17,18)(H3,13,14,19). The molecule has 0 aliphatic rings. The van der Waals surface area contributed by atoms with Crippen molar-refractivity contribution in [2.75, 3.05) is 5.32 Å². The maximum absolute atomic E-state index is 11.7. The molecule has 5 N–H and O–H groups in total. The summed E-state index contributed by atoms with van der Waals surface area (Å²) in [5.74, 6) is -1.54. The molecule has 7 nitrogen and oxygen atoms in total. The molecule has 0 bridgehead atoms. The predicted molar refractivity (Wildman–Crippen MR) is 71.9 cm³/mol. The van der Waals surface area contributed by atoms with Gasteiger partial charge in [-0.15, -0.1) is 0 Å². The first-order chi connectivity index (χ1) is 8.81. The van der Waals surface area contributed by atoms with Crippen LogP contribution in [0.5, 0.6) is 0 Å². The number of aromatic carboxylic acids is 1. The number of rotatable bonds is 4. The summed E-state index contributed by atoms with van der Waals surface area (Å²) in [6.07, 6.45) is 0. The normalized spacial score (nSPS) is 11.5. The van der Waals surface area contributed by atoms with Gasteiger partial charge in [-0.3, -0.25) is 4.79 Å². The molecule has 0 saturated carbocycles. The van der Waals surface area contributed by atoms with Gasteiger partial charge >= 0.3 is 12.0 Å². The first-order valence-electron chi connectivity index (χ1n) is 5.21. The van der Waals surface area contributed by atoms with Crippen LogP contribution < -0.4 is 16.4 Å². The van der Waals surface area contributed by atoms with E-state index in [0.717, 1.165) is 0 Å². The number of nitrogens with two attached hydrogens (primary N) is 1. The Bertz CT molecular complexity index is 533. The second kappa shape index (κ2) is 6.19. The number of hydrogen-bond donors (Lipinski definition) is 4. The number of urea groups is 1. The Morgan fingerprint density at radius 3 is 2.47 bits per heavy atom. The van der Waals surface area contributed by atoms with Crippen LogP contribution in [0.2, 0.25) is 0 Å².